The summed E-state index contributed by atoms with van der Waals surface area (Å²) in [4.78, 5) is 2.59. The van der Waals surface area contributed by atoms with Crippen LogP contribution in [0.5, 0.6) is 0 Å². The summed E-state index contributed by atoms with van der Waals surface area (Å²) < 4.78 is 1.98. The van der Waals surface area contributed by atoms with Gasteiger partial charge in [-0.15, -0.1) is 5.10 Å². The predicted molar refractivity (Wildman–Crippen MR) is 76.9 cm³/mol. The van der Waals surface area contributed by atoms with E-state index in [-0.39, 0.29) is 0 Å². The van der Waals surface area contributed by atoms with Crippen LogP contribution in [-0.2, 0) is 13.1 Å². The van der Waals surface area contributed by atoms with Crippen molar-refractivity contribution < 1.29 is 0 Å². The second-order valence-electron chi connectivity index (χ2n) is 5.42. The van der Waals surface area contributed by atoms with E-state index in [9.17, 15) is 0 Å². The molecule has 5 nitrogen and oxygen atoms in total. The molecular formula is C14H27N5. The Hall–Kier alpha value is -0.940. The van der Waals surface area contributed by atoms with Gasteiger partial charge in [0.05, 0.1) is 12.2 Å². The molecule has 108 valence electrons. The molecule has 0 aliphatic heterocycles. The Balaban J connectivity index is 1.72. The molecule has 0 radical (unpaired) electrons. The summed E-state index contributed by atoms with van der Waals surface area (Å²) in [5.41, 5.74) is 1.04. The number of aromatic nitrogens is 3. The van der Waals surface area contributed by atoms with Crippen molar-refractivity contribution >= 4 is 0 Å². The van der Waals surface area contributed by atoms with Crippen molar-refractivity contribution in [1.82, 2.24) is 25.2 Å². The van der Waals surface area contributed by atoms with Crippen molar-refractivity contribution in [2.75, 3.05) is 19.6 Å². The normalized spacial score (nSPS) is 15.3. The zero-order valence-electron chi connectivity index (χ0n) is 12.3. The fourth-order valence-electron chi connectivity index (χ4n) is 2.36. The highest BCUT2D eigenvalue weighted by Gasteiger charge is 2.27. The van der Waals surface area contributed by atoms with E-state index in [1.807, 2.05) is 4.68 Å². The van der Waals surface area contributed by atoms with Gasteiger partial charge in [-0.1, -0.05) is 19.1 Å². The lowest BCUT2D eigenvalue weighted by atomic mass is 10.4. The first-order chi connectivity index (χ1) is 9.33. The maximum absolute atomic E-state index is 4.21. The van der Waals surface area contributed by atoms with Gasteiger partial charge in [-0.25, -0.2) is 0 Å². The molecule has 1 N–H and O–H groups in total. The molecule has 0 bridgehead atoms. The van der Waals surface area contributed by atoms with Crippen molar-refractivity contribution in [3.8, 4) is 0 Å². The maximum Gasteiger partial charge on any atom is 0.0964 e. The van der Waals surface area contributed by atoms with Crippen molar-refractivity contribution in [2.24, 2.45) is 0 Å². The second kappa shape index (κ2) is 7.60. The molecule has 0 atom stereocenters. The monoisotopic (exact) mass is 265 g/mol. The van der Waals surface area contributed by atoms with Crippen LogP contribution in [0.25, 0.3) is 0 Å². The van der Waals surface area contributed by atoms with Crippen LogP contribution < -0.4 is 5.32 Å². The Morgan fingerprint density at radius 1 is 1.32 bits per heavy atom. The third-order valence-corrected chi connectivity index (χ3v) is 3.51. The molecule has 0 amide bonds. The third kappa shape index (κ3) is 4.91. The van der Waals surface area contributed by atoms with Crippen molar-refractivity contribution in [3.63, 3.8) is 0 Å². The maximum atomic E-state index is 4.21. The van der Waals surface area contributed by atoms with Crippen LogP contribution in [0.4, 0.5) is 0 Å². The molecule has 1 heterocycles. The van der Waals surface area contributed by atoms with Gasteiger partial charge in [-0.2, -0.15) is 0 Å². The predicted octanol–water partition coefficient (Wildman–Crippen LogP) is 1.65. The summed E-state index contributed by atoms with van der Waals surface area (Å²) in [6, 6.07) is 0.842. The average Bonchev–Trinajstić information content (AvgIpc) is 3.16. The van der Waals surface area contributed by atoms with Crippen molar-refractivity contribution in [2.45, 2.75) is 58.7 Å². The molecule has 1 fully saturated rings. The van der Waals surface area contributed by atoms with E-state index in [2.05, 4.69) is 40.6 Å². The molecule has 0 aromatic carbocycles. The molecule has 0 saturated heterocycles. The Morgan fingerprint density at radius 2 is 2.16 bits per heavy atom. The molecule has 1 aromatic heterocycles. The van der Waals surface area contributed by atoms with Gasteiger partial charge in [-0.05, 0) is 38.8 Å². The molecule has 0 spiro atoms. The summed E-state index contributed by atoms with van der Waals surface area (Å²) in [5.74, 6) is 0. The van der Waals surface area contributed by atoms with Gasteiger partial charge in [-0.3, -0.25) is 9.58 Å². The van der Waals surface area contributed by atoms with Crippen LogP contribution in [0.3, 0.4) is 0 Å². The number of nitrogens with zero attached hydrogens (tertiary/aromatic N) is 4. The summed E-state index contributed by atoms with van der Waals surface area (Å²) in [7, 11) is 0. The van der Waals surface area contributed by atoms with E-state index >= 15 is 0 Å². The van der Waals surface area contributed by atoms with Crippen molar-refractivity contribution in [1.29, 1.82) is 0 Å². The third-order valence-electron chi connectivity index (χ3n) is 3.51. The fraction of sp³-hybridized carbons (Fsp3) is 0.857. The second-order valence-corrected chi connectivity index (χ2v) is 5.42. The van der Waals surface area contributed by atoms with Crippen LogP contribution in [0.2, 0.25) is 0 Å². The summed E-state index contributed by atoms with van der Waals surface area (Å²) in [6.45, 7) is 9.56. The van der Waals surface area contributed by atoms with Crippen LogP contribution in [-0.4, -0.2) is 45.6 Å². The molecule has 1 aliphatic rings. The zero-order chi connectivity index (χ0) is 13.5. The average molecular weight is 265 g/mol. The van der Waals surface area contributed by atoms with Crippen LogP contribution in [0.1, 0.15) is 45.2 Å². The molecule has 2 rings (SSSR count). The topological polar surface area (TPSA) is 46.0 Å². The molecule has 1 aromatic rings. The van der Waals surface area contributed by atoms with Gasteiger partial charge in [0.1, 0.15) is 0 Å². The van der Waals surface area contributed by atoms with E-state index in [4.69, 9.17) is 0 Å². The standard InChI is InChI=1S/C14H27N5/c1-3-7-15-11-13-12-19(17-16-13)10-9-18(8-4-2)14-5-6-14/h12,14-15H,3-11H2,1-2H3. The van der Waals surface area contributed by atoms with E-state index in [1.54, 1.807) is 0 Å². The van der Waals surface area contributed by atoms with Crippen molar-refractivity contribution in [3.05, 3.63) is 11.9 Å². The highest BCUT2D eigenvalue weighted by Crippen LogP contribution is 2.26. The minimum absolute atomic E-state index is 0.829. The lowest BCUT2D eigenvalue weighted by molar-refractivity contribution is 0.248. The zero-order valence-corrected chi connectivity index (χ0v) is 12.3. The van der Waals surface area contributed by atoms with Gasteiger partial charge in [0.2, 0.25) is 0 Å². The van der Waals surface area contributed by atoms with Gasteiger partial charge >= 0.3 is 0 Å². The molecule has 1 aliphatic carbocycles. The SMILES string of the molecule is CCCNCc1cn(CCN(CCC)C2CC2)nn1. The smallest absolute Gasteiger partial charge is 0.0964 e. The summed E-state index contributed by atoms with van der Waals surface area (Å²) in [6.07, 6.45) is 7.22. The van der Waals surface area contributed by atoms with Gasteiger partial charge in [0.25, 0.3) is 0 Å². The lowest BCUT2D eigenvalue weighted by Gasteiger charge is -2.20. The lowest BCUT2D eigenvalue weighted by Crippen LogP contribution is -2.30. The Labute approximate surface area is 116 Å². The molecular weight excluding hydrogens is 238 g/mol. The first kappa shape index (κ1) is 14.5. The number of rotatable bonds is 10. The Bertz CT molecular complexity index is 358. The minimum Gasteiger partial charge on any atom is -0.311 e. The fourth-order valence-corrected chi connectivity index (χ4v) is 2.36. The van der Waals surface area contributed by atoms with Crippen LogP contribution >= 0.6 is 0 Å². The molecule has 19 heavy (non-hydrogen) atoms. The summed E-state index contributed by atoms with van der Waals surface area (Å²) >= 11 is 0. The Morgan fingerprint density at radius 3 is 2.84 bits per heavy atom. The number of hydrogen-bond acceptors (Lipinski definition) is 4. The first-order valence-corrected chi connectivity index (χ1v) is 7.67. The quantitative estimate of drug-likeness (QED) is 0.654. The first-order valence-electron chi connectivity index (χ1n) is 7.67. The molecule has 5 heteroatoms. The van der Waals surface area contributed by atoms with Crippen LogP contribution in [0, 0.1) is 0 Å². The van der Waals surface area contributed by atoms with E-state index in [0.29, 0.717) is 0 Å². The van der Waals surface area contributed by atoms with Gasteiger partial charge in [0.15, 0.2) is 0 Å². The molecule has 0 unspecified atom stereocenters. The highest BCUT2D eigenvalue weighted by atomic mass is 15.4. The number of nitrogens with one attached hydrogen (secondary N) is 1. The Kier molecular flexibility index (Phi) is 5.79. The number of hydrogen-bond donors (Lipinski definition) is 1. The van der Waals surface area contributed by atoms with E-state index in [1.165, 1.54) is 25.8 Å². The molecule has 1 saturated carbocycles. The van der Waals surface area contributed by atoms with E-state index < -0.39 is 0 Å². The van der Waals surface area contributed by atoms with E-state index in [0.717, 1.165) is 44.3 Å². The minimum atomic E-state index is 0.829. The highest BCUT2D eigenvalue weighted by molar-refractivity contribution is 4.91. The van der Waals surface area contributed by atoms with Gasteiger partial charge < -0.3 is 5.32 Å². The largest absolute Gasteiger partial charge is 0.311 e. The summed E-state index contributed by atoms with van der Waals surface area (Å²) in [5, 5.41) is 11.8. The van der Waals surface area contributed by atoms with Crippen LogP contribution in [0.15, 0.2) is 6.20 Å². The van der Waals surface area contributed by atoms with Gasteiger partial charge in [0, 0.05) is 25.3 Å².